The number of amides is 1. The largest absolute Gasteiger partial charge is 0.341 e. The molecule has 1 fully saturated rings. The number of benzene rings is 1. The second-order valence-electron chi connectivity index (χ2n) is 6.71. The summed E-state index contributed by atoms with van der Waals surface area (Å²) in [5, 5.41) is 0. The summed E-state index contributed by atoms with van der Waals surface area (Å²) in [6.07, 6.45) is 4.20. The third-order valence-electron chi connectivity index (χ3n) is 5.25. The summed E-state index contributed by atoms with van der Waals surface area (Å²) >= 11 is 1.74. The summed E-state index contributed by atoms with van der Waals surface area (Å²) in [4.78, 5) is 22.0. The molecule has 25 heavy (non-hydrogen) atoms. The molecule has 0 unspecified atom stereocenters. The number of thioether (sulfide) groups is 1. The summed E-state index contributed by atoms with van der Waals surface area (Å²) in [6.45, 7) is 5.85. The minimum Gasteiger partial charge on any atom is -0.341 e. The van der Waals surface area contributed by atoms with Gasteiger partial charge >= 0.3 is 0 Å². The SMILES string of the molecule is CCN1CCC(N(C)C(=O)Cn2c(CSC)nc3ccccc32)CC1. The van der Waals surface area contributed by atoms with Crippen molar-refractivity contribution in [2.45, 2.75) is 38.1 Å². The van der Waals surface area contributed by atoms with Crippen LogP contribution in [0.2, 0.25) is 0 Å². The lowest BCUT2D eigenvalue weighted by Gasteiger charge is -2.36. The van der Waals surface area contributed by atoms with Crippen LogP contribution in [0.25, 0.3) is 11.0 Å². The van der Waals surface area contributed by atoms with Crippen LogP contribution in [0.5, 0.6) is 0 Å². The quantitative estimate of drug-likeness (QED) is 0.794. The highest BCUT2D eigenvalue weighted by atomic mass is 32.2. The number of hydrogen-bond donors (Lipinski definition) is 0. The second kappa shape index (κ2) is 8.23. The molecule has 0 atom stereocenters. The zero-order valence-corrected chi connectivity index (χ0v) is 16.3. The Morgan fingerprint density at radius 1 is 1.32 bits per heavy atom. The Hall–Kier alpha value is -1.53. The molecule has 1 aromatic carbocycles. The van der Waals surface area contributed by atoms with Crippen LogP contribution in [0, 0.1) is 0 Å². The monoisotopic (exact) mass is 360 g/mol. The van der Waals surface area contributed by atoms with Crippen molar-refractivity contribution in [3.8, 4) is 0 Å². The Balaban J connectivity index is 1.74. The molecule has 2 aromatic rings. The maximum atomic E-state index is 12.9. The number of para-hydroxylation sites is 2. The maximum Gasteiger partial charge on any atom is 0.242 e. The van der Waals surface area contributed by atoms with E-state index in [0.717, 1.165) is 55.1 Å². The van der Waals surface area contributed by atoms with Gasteiger partial charge in [-0.1, -0.05) is 19.1 Å². The van der Waals surface area contributed by atoms with Crippen LogP contribution >= 0.6 is 11.8 Å². The summed E-state index contributed by atoms with van der Waals surface area (Å²) in [5.74, 6) is 1.98. The van der Waals surface area contributed by atoms with Gasteiger partial charge < -0.3 is 14.4 Å². The van der Waals surface area contributed by atoms with Crippen LogP contribution in [0.15, 0.2) is 24.3 Å². The van der Waals surface area contributed by atoms with Crippen LogP contribution in [-0.4, -0.2) is 64.2 Å². The van der Waals surface area contributed by atoms with E-state index in [2.05, 4.69) is 28.7 Å². The minimum absolute atomic E-state index is 0.181. The predicted molar refractivity (Wildman–Crippen MR) is 105 cm³/mol. The molecular weight excluding hydrogens is 332 g/mol. The molecule has 1 aromatic heterocycles. The van der Waals surface area contributed by atoms with Gasteiger partial charge in [0.1, 0.15) is 12.4 Å². The number of imidazole rings is 1. The summed E-state index contributed by atoms with van der Waals surface area (Å²) in [5.41, 5.74) is 2.02. The van der Waals surface area contributed by atoms with Crippen molar-refractivity contribution in [3.05, 3.63) is 30.1 Å². The van der Waals surface area contributed by atoms with Crippen LogP contribution in [0.3, 0.4) is 0 Å². The lowest BCUT2D eigenvalue weighted by molar-refractivity contribution is -0.133. The molecule has 0 radical (unpaired) electrons. The van der Waals surface area contributed by atoms with Crippen molar-refractivity contribution >= 4 is 28.7 Å². The van der Waals surface area contributed by atoms with Gasteiger partial charge in [-0.05, 0) is 37.8 Å². The third-order valence-corrected chi connectivity index (χ3v) is 5.79. The predicted octanol–water partition coefficient (Wildman–Crippen LogP) is 2.84. The molecule has 1 aliphatic heterocycles. The van der Waals surface area contributed by atoms with Gasteiger partial charge in [0.25, 0.3) is 0 Å². The number of rotatable bonds is 6. The number of piperidine rings is 1. The molecule has 1 amide bonds. The number of aromatic nitrogens is 2. The molecule has 0 spiro atoms. The van der Waals surface area contributed by atoms with Crippen molar-refractivity contribution in [2.75, 3.05) is 32.9 Å². The highest BCUT2D eigenvalue weighted by Gasteiger charge is 2.25. The number of fused-ring (bicyclic) bond motifs is 1. The first-order chi connectivity index (χ1) is 12.1. The molecule has 6 heteroatoms. The minimum atomic E-state index is 0.181. The molecular formula is C19H28N4OS. The van der Waals surface area contributed by atoms with Gasteiger partial charge in [0, 0.05) is 26.2 Å². The first kappa shape index (κ1) is 18.3. The molecule has 136 valence electrons. The Labute approximate surface area is 154 Å². The van der Waals surface area contributed by atoms with E-state index in [1.165, 1.54) is 0 Å². The first-order valence-electron chi connectivity index (χ1n) is 9.05. The standard InChI is InChI=1S/C19H28N4OS/c1-4-22-11-9-15(10-12-22)21(2)19(24)13-23-17-8-6-5-7-16(17)20-18(23)14-25-3/h5-8,15H,4,9-14H2,1-3H3. The van der Waals surface area contributed by atoms with E-state index in [4.69, 9.17) is 4.98 Å². The first-order valence-corrected chi connectivity index (χ1v) is 10.4. The second-order valence-corrected chi connectivity index (χ2v) is 7.57. The number of likely N-dealkylation sites (tertiary alicyclic amines) is 1. The van der Waals surface area contributed by atoms with E-state index in [-0.39, 0.29) is 5.91 Å². The molecule has 1 aliphatic rings. The summed E-state index contributed by atoms with van der Waals surface area (Å²) in [7, 11) is 1.96. The Bertz CT molecular complexity index is 721. The Morgan fingerprint density at radius 3 is 2.72 bits per heavy atom. The van der Waals surface area contributed by atoms with Crippen LogP contribution in [-0.2, 0) is 17.1 Å². The van der Waals surface area contributed by atoms with E-state index in [0.29, 0.717) is 12.6 Å². The number of carbonyl (C=O) groups excluding carboxylic acids is 1. The topological polar surface area (TPSA) is 41.4 Å². The number of hydrogen-bond acceptors (Lipinski definition) is 4. The fourth-order valence-corrected chi connectivity index (χ4v) is 4.09. The number of carbonyl (C=O) groups is 1. The van der Waals surface area contributed by atoms with Crippen molar-refractivity contribution in [1.82, 2.24) is 19.4 Å². The zero-order chi connectivity index (χ0) is 17.8. The van der Waals surface area contributed by atoms with E-state index in [1.54, 1.807) is 11.8 Å². The van der Waals surface area contributed by atoms with Crippen LogP contribution in [0.4, 0.5) is 0 Å². The Kier molecular flexibility index (Phi) is 6.02. The van der Waals surface area contributed by atoms with Crippen LogP contribution in [0.1, 0.15) is 25.6 Å². The van der Waals surface area contributed by atoms with Crippen molar-refractivity contribution in [1.29, 1.82) is 0 Å². The zero-order valence-electron chi connectivity index (χ0n) is 15.4. The fourth-order valence-electron chi connectivity index (χ4n) is 3.61. The molecule has 0 aliphatic carbocycles. The van der Waals surface area contributed by atoms with E-state index >= 15 is 0 Å². The Morgan fingerprint density at radius 2 is 2.04 bits per heavy atom. The molecule has 2 heterocycles. The average molecular weight is 361 g/mol. The van der Waals surface area contributed by atoms with Gasteiger partial charge in [-0.3, -0.25) is 4.79 Å². The molecule has 0 saturated carbocycles. The van der Waals surface area contributed by atoms with E-state index < -0.39 is 0 Å². The van der Waals surface area contributed by atoms with Gasteiger partial charge in [-0.2, -0.15) is 11.8 Å². The third kappa shape index (κ3) is 4.01. The molecule has 1 saturated heterocycles. The van der Waals surface area contributed by atoms with Gasteiger partial charge in [-0.25, -0.2) is 4.98 Å². The lowest BCUT2D eigenvalue weighted by Crippen LogP contribution is -2.46. The number of likely N-dealkylation sites (N-methyl/N-ethyl adjacent to an activating group) is 1. The van der Waals surface area contributed by atoms with E-state index in [1.807, 2.05) is 30.1 Å². The molecule has 0 bridgehead atoms. The normalized spacial score (nSPS) is 16.4. The van der Waals surface area contributed by atoms with E-state index in [9.17, 15) is 4.79 Å². The van der Waals surface area contributed by atoms with Gasteiger partial charge in [0.05, 0.1) is 16.8 Å². The van der Waals surface area contributed by atoms with Gasteiger partial charge in [0.2, 0.25) is 5.91 Å². The lowest BCUT2D eigenvalue weighted by atomic mass is 10.0. The smallest absolute Gasteiger partial charge is 0.242 e. The molecule has 5 nitrogen and oxygen atoms in total. The van der Waals surface area contributed by atoms with Crippen molar-refractivity contribution in [2.24, 2.45) is 0 Å². The molecule has 0 N–H and O–H groups in total. The maximum absolute atomic E-state index is 12.9. The highest BCUT2D eigenvalue weighted by Crippen LogP contribution is 2.20. The summed E-state index contributed by atoms with van der Waals surface area (Å²) < 4.78 is 2.09. The highest BCUT2D eigenvalue weighted by molar-refractivity contribution is 7.97. The number of nitrogens with zero attached hydrogens (tertiary/aromatic N) is 4. The van der Waals surface area contributed by atoms with Crippen molar-refractivity contribution < 1.29 is 4.79 Å². The van der Waals surface area contributed by atoms with Crippen molar-refractivity contribution in [3.63, 3.8) is 0 Å². The van der Waals surface area contributed by atoms with Crippen LogP contribution < -0.4 is 0 Å². The fraction of sp³-hybridized carbons (Fsp3) is 0.579. The van der Waals surface area contributed by atoms with Gasteiger partial charge in [-0.15, -0.1) is 0 Å². The average Bonchev–Trinajstić information content (AvgIpc) is 2.99. The summed E-state index contributed by atoms with van der Waals surface area (Å²) in [6, 6.07) is 8.44. The van der Waals surface area contributed by atoms with Gasteiger partial charge in [0.15, 0.2) is 0 Å². The molecule has 3 rings (SSSR count).